The Kier molecular flexibility index (Phi) is 3.57. The summed E-state index contributed by atoms with van der Waals surface area (Å²) >= 11 is 0. The van der Waals surface area contributed by atoms with Gasteiger partial charge < -0.3 is 18.9 Å². The van der Waals surface area contributed by atoms with Crippen LogP contribution in [0.15, 0.2) is 0 Å². The first-order chi connectivity index (χ1) is 10.6. The van der Waals surface area contributed by atoms with Crippen molar-refractivity contribution in [3.63, 3.8) is 0 Å². The lowest BCUT2D eigenvalue weighted by molar-refractivity contribution is -0.218. The SMILES string of the molecule is O=C1OC(C(F)F)C(C2OS(=O)(=O)OC23COC(=O)OC3F)O1. The minimum absolute atomic E-state index is 1.04. The van der Waals surface area contributed by atoms with Gasteiger partial charge in [-0.25, -0.2) is 26.7 Å². The first-order valence-corrected chi connectivity index (χ1v) is 7.25. The van der Waals surface area contributed by atoms with Crippen molar-refractivity contribution in [3.8, 4) is 0 Å². The highest BCUT2D eigenvalue weighted by atomic mass is 32.3. The van der Waals surface area contributed by atoms with Gasteiger partial charge in [0.2, 0.25) is 11.7 Å². The van der Waals surface area contributed by atoms with Crippen molar-refractivity contribution in [3.05, 3.63) is 0 Å². The quantitative estimate of drug-likeness (QED) is 0.619. The third-order valence-electron chi connectivity index (χ3n) is 3.29. The van der Waals surface area contributed by atoms with Crippen LogP contribution in [0.1, 0.15) is 0 Å². The van der Waals surface area contributed by atoms with E-state index in [0.29, 0.717) is 0 Å². The van der Waals surface area contributed by atoms with Crippen molar-refractivity contribution in [1.29, 1.82) is 0 Å². The van der Waals surface area contributed by atoms with E-state index in [9.17, 15) is 31.2 Å². The first kappa shape index (κ1) is 16.1. The molecule has 5 atom stereocenters. The molecule has 14 heteroatoms. The van der Waals surface area contributed by atoms with E-state index in [0.717, 1.165) is 0 Å². The second kappa shape index (κ2) is 5.10. The molecule has 0 radical (unpaired) electrons. The van der Waals surface area contributed by atoms with Crippen LogP contribution in [0.5, 0.6) is 0 Å². The van der Waals surface area contributed by atoms with Crippen LogP contribution in [0.4, 0.5) is 22.8 Å². The Morgan fingerprint density at radius 1 is 1.13 bits per heavy atom. The third kappa shape index (κ3) is 2.55. The molecular formula is C9H7F3O10S. The van der Waals surface area contributed by atoms with Gasteiger partial charge in [-0.2, -0.15) is 12.8 Å². The molecule has 3 rings (SSSR count). The average molecular weight is 364 g/mol. The van der Waals surface area contributed by atoms with Gasteiger partial charge in [0.05, 0.1) is 0 Å². The number of alkyl halides is 3. The van der Waals surface area contributed by atoms with Crippen LogP contribution < -0.4 is 0 Å². The summed E-state index contributed by atoms with van der Waals surface area (Å²) in [4.78, 5) is 21.9. The van der Waals surface area contributed by atoms with Crippen LogP contribution in [0, 0.1) is 0 Å². The van der Waals surface area contributed by atoms with Gasteiger partial charge in [0.15, 0.2) is 12.2 Å². The lowest BCUT2D eigenvalue weighted by Gasteiger charge is -2.36. The van der Waals surface area contributed by atoms with E-state index in [2.05, 4.69) is 27.3 Å². The number of halogens is 3. The number of hydrogen-bond donors (Lipinski definition) is 0. The summed E-state index contributed by atoms with van der Waals surface area (Å²) < 4.78 is 88.8. The van der Waals surface area contributed by atoms with Gasteiger partial charge in [-0.05, 0) is 0 Å². The fourth-order valence-corrected chi connectivity index (χ4v) is 3.50. The van der Waals surface area contributed by atoms with Crippen LogP contribution >= 0.6 is 0 Å². The van der Waals surface area contributed by atoms with Crippen molar-refractivity contribution in [1.82, 2.24) is 0 Å². The average Bonchev–Trinajstić information content (AvgIpc) is 2.93. The molecular weight excluding hydrogens is 357 g/mol. The Labute approximate surface area is 125 Å². The molecule has 5 unspecified atom stereocenters. The molecule has 3 aliphatic heterocycles. The predicted octanol–water partition coefficient (Wildman–Crippen LogP) is 0.0169. The number of carbonyl (C=O) groups is 2. The monoisotopic (exact) mass is 364 g/mol. The number of cyclic esters (lactones) is 4. The summed E-state index contributed by atoms with van der Waals surface area (Å²) in [5.41, 5.74) is -2.65. The first-order valence-electron chi connectivity index (χ1n) is 5.91. The van der Waals surface area contributed by atoms with E-state index in [1.807, 2.05) is 0 Å². The Hall–Kier alpha value is -1.80. The van der Waals surface area contributed by atoms with E-state index in [1.54, 1.807) is 0 Å². The summed E-state index contributed by atoms with van der Waals surface area (Å²) in [5, 5.41) is 0. The Morgan fingerprint density at radius 2 is 1.83 bits per heavy atom. The molecule has 3 fully saturated rings. The van der Waals surface area contributed by atoms with Crippen molar-refractivity contribution >= 4 is 22.7 Å². The summed E-state index contributed by atoms with van der Waals surface area (Å²) in [5.74, 6) is 0. The van der Waals surface area contributed by atoms with Crippen molar-refractivity contribution < 1.29 is 58.5 Å². The normalized spacial score (nSPS) is 42.3. The highest BCUT2D eigenvalue weighted by Crippen LogP contribution is 2.43. The van der Waals surface area contributed by atoms with E-state index in [4.69, 9.17) is 0 Å². The standard InChI is InChI=1S/C9H7F3O10S/c10-5(11)3-2(18-8(14)19-3)4-9(22-23(15,16)21-4)1-17-7(13)20-6(9)12/h2-6H,1H2. The molecule has 23 heavy (non-hydrogen) atoms. The van der Waals surface area contributed by atoms with E-state index < -0.39 is 66.0 Å². The molecule has 0 aromatic carbocycles. The van der Waals surface area contributed by atoms with Crippen LogP contribution in [-0.2, 0) is 37.7 Å². The molecule has 0 bridgehead atoms. The minimum Gasteiger partial charge on any atom is -0.431 e. The van der Waals surface area contributed by atoms with Gasteiger partial charge >= 0.3 is 22.7 Å². The smallest absolute Gasteiger partial charge is 0.431 e. The molecule has 0 aromatic rings. The Morgan fingerprint density at radius 3 is 2.43 bits per heavy atom. The predicted molar refractivity (Wildman–Crippen MR) is 56.1 cm³/mol. The molecule has 0 aliphatic carbocycles. The zero-order valence-corrected chi connectivity index (χ0v) is 11.5. The summed E-state index contributed by atoms with van der Waals surface area (Å²) in [6.07, 6.45) is -15.5. The van der Waals surface area contributed by atoms with Crippen LogP contribution in [0.25, 0.3) is 0 Å². The maximum atomic E-state index is 14.1. The molecule has 3 aliphatic rings. The maximum absolute atomic E-state index is 14.1. The zero-order valence-electron chi connectivity index (χ0n) is 10.7. The van der Waals surface area contributed by atoms with E-state index >= 15 is 0 Å². The number of rotatable bonds is 2. The van der Waals surface area contributed by atoms with Crippen LogP contribution in [-0.4, -0.2) is 64.0 Å². The van der Waals surface area contributed by atoms with Crippen molar-refractivity contribution in [2.75, 3.05) is 6.61 Å². The fraction of sp³-hybridized carbons (Fsp3) is 0.778. The molecule has 0 aromatic heterocycles. The summed E-state index contributed by atoms with van der Waals surface area (Å²) in [6, 6.07) is 0. The summed E-state index contributed by atoms with van der Waals surface area (Å²) in [6.45, 7) is -1.04. The van der Waals surface area contributed by atoms with Crippen LogP contribution in [0.3, 0.4) is 0 Å². The number of ether oxygens (including phenoxy) is 4. The van der Waals surface area contributed by atoms with Gasteiger partial charge in [0, 0.05) is 0 Å². The highest BCUT2D eigenvalue weighted by Gasteiger charge is 2.69. The highest BCUT2D eigenvalue weighted by molar-refractivity contribution is 7.82. The van der Waals surface area contributed by atoms with E-state index in [-0.39, 0.29) is 0 Å². The fourth-order valence-electron chi connectivity index (χ4n) is 2.34. The summed E-state index contributed by atoms with van der Waals surface area (Å²) in [7, 11) is -4.86. The molecule has 0 N–H and O–H groups in total. The zero-order chi connectivity index (χ0) is 17.0. The molecule has 0 saturated carbocycles. The topological polar surface area (TPSA) is 124 Å². The maximum Gasteiger partial charge on any atom is 0.511 e. The van der Waals surface area contributed by atoms with Crippen LogP contribution in [0.2, 0.25) is 0 Å². The number of hydrogen-bond acceptors (Lipinski definition) is 10. The van der Waals surface area contributed by atoms with Gasteiger partial charge in [-0.1, -0.05) is 0 Å². The minimum atomic E-state index is -4.86. The third-order valence-corrected chi connectivity index (χ3v) is 4.25. The van der Waals surface area contributed by atoms with Gasteiger partial charge in [-0.15, -0.1) is 0 Å². The largest absolute Gasteiger partial charge is 0.511 e. The van der Waals surface area contributed by atoms with Crippen molar-refractivity contribution in [2.45, 2.75) is 36.7 Å². The van der Waals surface area contributed by atoms with E-state index in [1.165, 1.54) is 0 Å². The molecule has 3 saturated heterocycles. The Bertz CT molecular complexity index is 637. The molecule has 0 amide bonds. The lowest BCUT2D eigenvalue weighted by Crippen LogP contribution is -2.62. The lowest BCUT2D eigenvalue weighted by atomic mass is 9.90. The van der Waals surface area contributed by atoms with Crippen molar-refractivity contribution in [2.24, 2.45) is 0 Å². The van der Waals surface area contributed by atoms with Gasteiger partial charge in [-0.3, -0.25) is 0 Å². The number of carbonyl (C=O) groups excluding carboxylic acids is 2. The molecule has 10 nitrogen and oxygen atoms in total. The molecule has 1 spiro atoms. The Balaban J connectivity index is 1.98. The second-order valence-electron chi connectivity index (χ2n) is 4.69. The molecule has 130 valence electrons. The van der Waals surface area contributed by atoms with Gasteiger partial charge in [0.1, 0.15) is 6.61 Å². The second-order valence-corrected chi connectivity index (χ2v) is 5.86. The molecule has 3 heterocycles. The van der Waals surface area contributed by atoms with Gasteiger partial charge in [0.25, 0.3) is 12.8 Å².